The number of nitrogens with zero attached hydrogens (tertiary/aromatic N) is 2. The van der Waals surface area contributed by atoms with Gasteiger partial charge in [0.15, 0.2) is 23.0 Å². The van der Waals surface area contributed by atoms with Crippen molar-refractivity contribution in [3.05, 3.63) is 18.5 Å². The van der Waals surface area contributed by atoms with Gasteiger partial charge in [0, 0.05) is 12.4 Å². The number of halogens is 1. The Morgan fingerprint density at radius 3 is 2.38 bits per heavy atom. The van der Waals surface area contributed by atoms with Gasteiger partial charge >= 0.3 is 6.01 Å². The van der Waals surface area contributed by atoms with Gasteiger partial charge in [-0.2, -0.15) is 0 Å². The molecule has 0 fully saturated rings. The first-order chi connectivity index (χ1) is 3.93. The molecule has 0 N–H and O–H groups in total. The Morgan fingerprint density at radius 2 is 2.00 bits per heavy atom. The van der Waals surface area contributed by atoms with Crippen molar-refractivity contribution in [2.45, 2.75) is 0 Å². The van der Waals surface area contributed by atoms with Crippen LogP contribution in [0.4, 0.5) is 0 Å². The lowest BCUT2D eigenvalue weighted by Crippen LogP contribution is -1.81. The molecule has 1 heterocycles. The topological polar surface area (TPSA) is 35.0 Å². The molecule has 0 saturated carbocycles. The van der Waals surface area contributed by atoms with Crippen molar-refractivity contribution >= 4 is 23.0 Å². The van der Waals surface area contributed by atoms with Gasteiger partial charge in [-0.1, -0.05) is 0 Å². The molecule has 1 aromatic heterocycles. The molecule has 0 aliphatic heterocycles. The van der Waals surface area contributed by atoms with Crippen LogP contribution in [-0.4, -0.2) is 9.97 Å². The first-order valence-electron chi connectivity index (χ1n) is 1.99. The molecule has 0 aliphatic carbocycles. The summed E-state index contributed by atoms with van der Waals surface area (Å²) in [5.74, 6) is 0. The van der Waals surface area contributed by atoms with Gasteiger partial charge in [-0.3, -0.25) is 0 Å². The molecule has 8 heavy (non-hydrogen) atoms. The normalized spacial score (nSPS) is 8.62. The molecule has 0 spiro atoms. The van der Waals surface area contributed by atoms with Gasteiger partial charge in [0.1, 0.15) is 0 Å². The van der Waals surface area contributed by atoms with Crippen LogP contribution < -0.4 is 3.07 Å². The standard InChI is InChI=1S/C4H3IN2O/c5-8-4-6-2-1-3-7-4/h1-3H. The second kappa shape index (κ2) is 2.81. The molecular weight excluding hydrogens is 219 g/mol. The molecule has 0 radical (unpaired) electrons. The van der Waals surface area contributed by atoms with Crippen LogP contribution in [0, 0.1) is 0 Å². The first kappa shape index (κ1) is 5.74. The zero-order valence-corrected chi connectivity index (χ0v) is 6.07. The summed E-state index contributed by atoms with van der Waals surface area (Å²) >= 11 is 1.73. The molecule has 0 aromatic carbocycles. The first-order valence-corrected chi connectivity index (χ1v) is 2.87. The van der Waals surface area contributed by atoms with Gasteiger partial charge in [-0.15, -0.1) is 0 Å². The van der Waals surface area contributed by atoms with Gasteiger partial charge in [0.05, 0.1) is 0 Å². The SMILES string of the molecule is IOc1ncccn1. The molecule has 0 bridgehead atoms. The second-order valence-electron chi connectivity index (χ2n) is 1.11. The molecular formula is C4H3IN2O. The molecule has 0 saturated heterocycles. The molecule has 0 aliphatic rings. The molecule has 0 unspecified atom stereocenters. The van der Waals surface area contributed by atoms with E-state index in [9.17, 15) is 0 Å². The van der Waals surface area contributed by atoms with E-state index in [1.54, 1.807) is 41.5 Å². The van der Waals surface area contributed by atoms with Crippen molar-refractivity contribution in [1.29, 1.82) is 0 Å². The zero-order chi connectivity index (χ0) is 5.82. The summed E-state index contributed by atoms with van der Waals surface area (Å²) in [6, 6.07) is 2.13. The van der Waals surface area contributed by atoms with Crippen LogP contribution in [0.15, 0.2) is 18.5 Å². The predicted molar refractivity (Wildman–Crippen MR) is 36.7 cm³/mol. The van der Waals surface area contributed by atoms with Crippen molar-refractivity contribution < 1.29 is 3.07 Å². The van der Waals surface area contributed by atoms with E-state index in [0.717, 1.165) is 0 Å². The van der Waals surface area contributed by atoms with Gasteiger partial charge in [-0.25, -0.2) is 9.97 Å². The summed E-state index contributed by atoms with van der Waals surface area (Å²) in [5.41, 5.74) is 0. The molecule has 4 heteroatoms. The minimum atomic E-state index is 0.396. The maximum absolute atomic E-state index is 4.66. The largest absolute Gasteiger partial charge is 0.392 e. The zero-order valence-electron chi connectivity index (χ0n) is 3.91. The van der Waals surface area contributed by atoms with E-state index < -0.39 is 0 Å². The van der Waals surface area contributed by atoms with Gasteiger partial charge in [0.25, 0.3) is 0 Å². The fraction of sp³-hybridized carbons (Fsp3) is 0. The maximum atomic E-state index is 4.66. The summed E-state index contributed by atoms with van der Waals surface area (Å²) in [6.45, 7) is 0. The summed E-state index contributed by atoms with van der Waals surface area (Å²) in [4.78, 5) is 7.51. The number of aromatic nitrogens is 2. The minimum absolute atomic E-state index is 0.396. The van der Waals surface area contributed by atoms with Crippen LogP contribution in [0.2, 0.25) is 0 Å². The number of hydrogen-bond donors (Lipinski definition) is 0. The quantitative estimate of drug-likeness (QED) is 0.669. The fourth-order valence-corrected chi connectivity index (χ4v) is 0.553. The van der Waals surface area contributed by atoms with Crippen LogP contribution >= 0.6 is 23.0 Å². The van der Waals surface area contributed by atoms with E-state index in [-0.39, 0.29) is 0 Å². The fourth-order valence-electron chi connectivity index (χ4n) is 0.325. The average molecular weight is 222 g/mol. The smallest absolute Gasteiger partial charge is 0.326 e. The van der Waals surface area contributed by atoms with Crippen molar-refractivity contribution in [1.82, 2.24) is 9.97 Å². The lowest BCUT2D eigenvalue weighted by atomic mass is 10.7. The molecule has 1 aromatic rings. The Morgan fingerprint density at radius 1 is 1.38 bits per heavy atom. The van der Waals surface area contributed by atoms with Crippen LogP contribution in [-0.2, 0) is 0 Å². The highest BCUT2D eigenvalue weighted by molar-refractivity contribution is 14.1. The van der Waals surface area contributed by atoms with E-state index in [4.69, 9.17) is 0 Å². The Kier molecular flexibility index (Phi) is 2.01. The maximum Gasteiger partial charge on any atom is 0.326 e. The van der Waals surface area contributed by atoms with Crippen LogP contribution in [0.5, 0.6) is 6.01 Å². The third-order valence-electron chi connectivity index (χ3n) is 0.611. The van der Waals surface area contributed by atoms with E-state index in [2.05, 4.69) is 13.0 Å². The Bertz CT molecular complexity index is 155. The lowest BCUT2D eigenvalue weighted by molar-refractivity contribution is 0.643. The summed E-state index contributed by atoms with van der Waals surface area (Å²) < 4.78 is 4.66. The highest BCUT2D eigenvalue weighted by Gasteiger charge is 1.86. The third-order valence-corrected chi connectivity index (χ3v) is 1.00. The van der Waals surface area contributed by atoms with Crippen LogP contribution in [0.1, 0.15) is 0 Å². The van der Waals surface area contributed by atoms with E-state index in [0.29, 0.717) is 6.01 Å². The van der Waals surface area contributed by atoms with Crippen LogP contribution in [0.25, 0.3) is 0 Å². The minimum Gasteiger partial charge on any atom is -0.392 e. The van der Waals surface area contributed by atoms with E-state index in [1.165, 1.54) is 0 Å². The summed E-state index contributed by atoms with van der Waals surface area (Å²) in [5, 5.41) is 0. The predicted octanol–water partition coefficient (Wildman–Crippen LogP) is 1.21. The van der Waals surface area contributed by atoms with Crippen LogP contribution in [0.3, 0.4) is 0 Å². The molecule has 0 atom stereocenters. The van der Waals surface area contributed by atoms with E-state index >= 15 is 0 Å². The monoisotopic (exact) mass is 222 g/mol. The third kappa shape index (κ3) is 1.29. The summed E-state index contributed by atoms with van der Waals surface area (Å²) in [6.07, 6.45) is 3.25. The van der Waals surface area contributed by atoms with Crippen molar-refractivity contribution in [2.75, 3.05) is 0 Å². The van der Waals surface area contributed by atoms with Gasteiger partial charge in [0.2, 0.25) is 0 Å². The molecule has 42 valence electrons. The van der Waals surface area contributed by atoms with Gasteiger partial charge in [-0.05, 0) is 6.07 Å². The number of hydrogen-bond acceptors (Lipinski definition) is 3. The molecule has 3 nitrogen and oxygen atoms in total. The Balaban J connectivity index is 2.83. The lowest BCUT2D eigenvalue weighted by Gasteiger charge is -1.87. The Labute approximate surface area is 60.8 Å². The van der Waals surface area contributed by atoms with Crippen molar-refractivity contribution in [2.24, 2.45) is 0 Å². The summed E-state index contributed by atoms with van der Waals surface area (Å²) in [7, 11) is 0. The molecule has 1 rings (SSSR count). The van der Waals surface area contributed by atoms with Crippen molar-refractivity contribution in [3.8, 4) is 6.01 Å². The van der Waals surface area contributed by atoms with E-state index in [1.807, 2.05) is 0 Å². The second-order valence-corrected chi connectivity index (χ2v) is 1.55. The number of rotatable bonds is 1. The van der Waals surface area contributed by atoms with Gasteiger partial charge < -0.3 is 3.07 Å². The highest BCUT2D eigenvalue weighted by Crippen LogP contribution is 1.99. The average Bonchev–Trinajstić information content (AvgIpc) is 1.90. The van der Waals surface area contributed by atoms with Crippen molar-refractivity contribution in [3.63, 3.8) is 0 Å². The highest BCUT2D eigenvalue weighted by atomic mass is 127. The molecule has 0 amide bonds. The Hall–Kier alpha value is -0.390.